The fourth-order valence-corrected chi connectivity index (χ4v) is 2.58. The zero-order valence-electron chi connectivity index (χ0n) is 13.4. The van der Waals surface area contributed by atoms with E-state index in [0.717, 1.165) is 11.1 Å². The molecule has 0 unspecified atom stereocenters. The molecule has 0 aliphatic rings. The van der Waals surface area contributed by atoms with Crippen LogP contribution in [-0.4, -0.2) is 30.9 Å². The molecule has 24 heavy (non-hydrogen) atoms. The Kier molecular flexibility index (Phi) is 4.04. The third-order valence-corrected chi connectivity index (χ3v) is 3.82. The Morgan fingerprint density at radius 1 is 1.17 bits per heavy atom. The monoisotopic (exact) mass is 323 g/mol. The number of hydrogen-bond acceptors (Lipinski definition) is 4. The van der Waals surface area contributed by atoms with E-state index in [4.69, 9.17) is 5.11 Å². The largest absolute Gasteiger partial charge is 0.493 e. The van der Waals surface area contributed by atoms with Gasteiger partial charge in [0.1, 0.15) is 0 Å². The first-order chi connectivity index (χ1) is 11.4. The van der Waals surface area contributed by atoms with Gasteiger partial charge in [-0.25, -0.2) is 9.78 Å². The Balaban J connectivity index is 1.93. The quantitative estimate of drug-likeness (QED) is 0.771. The van der Waals surface area contributed by atoms with Crippen molar-refractivity contribution in [2.45, 2.75) is 20.3 Å². The van der Waals surface area contributed by atoms with Gasteiger partial charge in [0.05, 0.1) is 11.3 Å². The van der Waals surface area contributed by atoms with Gasteiger partial charge in [0.15, 0.2) is 5.82 Å². The highest BCUT2D eigenvalue weighted by Crippen LogP contribution is 2.21. The van der Waals surface area contributed by atoms with Gasteiger partial charge >= 0.3 is 5.97 Å². The lowest BCUT2D eigenvalue weighted by Crippen LogP contribution is -2.04. The van der Waals surface area contributed by atoms with Gasteiger partial charge in [-0.2, -0.15) is 9.78 Å². The van der Waals surface area contributed by atoms with Crippen molar-refractivity contribution < 1.29 is 15.0 Å². The van der Waals surface area contributed by atoms with Crippen LogP contribution in [0.1, 0.15) is 32.7 Å². The minimum Gasteiger partial charge on any atom is -0.493 e. The maximum Gasteiger partial charge on any atom is 0.335 e. The fraction of sp³-hybridized carbons (Fsp3) is 0.167. The first-order valence-electron chi connectivity index (χ1n) is 7.48. The van der Waals surface area contributed by atoms with Crippen molar-refractivity contribution in [1.82, 2.24) is 14.8 Å². The first kappa shape index (κ1) is 15.7. The summed E-state index contributed by atoms with van der Waals surface area (Å²) in [4.78, 5) is 15.1. The standard InChI is InChI=1S/C18H17N3O3/c1-11-3-4-13(12(2)7-11)8-15-10-17(22)21(20-15)16-9-14(18(23)24)5-6-19-16/h3-7,9-10,22H,8H2,1-2H3,(H,23,24). The number of carbonyl (C=O) groups is 1. The maximum atomic E-state index is 11.1. The van der Waals surface area contributed by atoms with Crippen molar-refractivity contribution in [2.75, 3.05) is 0 Å². The summed E-state index contributed by atoms with van der Waals surface area (Å²) in [6.45, 7) is 4.08. The lowest BCUT2D eigenvalue weighted by Gasteiger charge is -2.05. The lowest BCUT2D eigenvalue weighted by atomic mass is 10.0. The molecule has 2 N–H and O–H groups in total. The number of pyridine rings is 1. The molecule has 0 atom stereocenters. The highest BCUT2D eigenvalue weighted by Gasteiger charge is 2.13. The second-order valence-electron chi connectivity index (χ2n) is 5.72. The van der Waals surface area contributed by atoms with Crippen molar-refractivity contribution in [1.29, 1.82) is 0 Å². The zero-order chi connectivity index (χ0) is 17.3. The molecule has 122 valence electrons. The van der Waals surface area contributed by atoms with Crippen molar-refractivity contribution in [3.8, 4) is 11.7 Å². The van der Waals surface area contributed by atoms with Gasteiger partial charge in [0, 0.05) is 18.7 Å². The van der Waals surface area contributed by atoms with Gasteiger partial charge < -0.3 is 10.2 Å². The zero-order valence-corrected chi connectivity index (χ0v) is 13.4. The number of hydrogen-bond donors (Lipinski definition) is 2. The molecule has 0 fully saturated rings. The van der Waals surface area contributed by atoms with Crippen molar-refractivity contribution in [3.05, 3.63) is 70.5 Å². The molecule has 0 bridgehead atoms. The molecule has 0 aliphatic heterocycles. The molecule has 0 radical (unpaired) electrons. The maximum absolute atomic E-state index is 11.1. The normalized spacial score (nSPS) is 10.8. The number of carboxylic acid groups (broad SMARTS) is 1. The van der Waals surface area contributed by atoms with Gasteiger partial charge in [-0.1, -0.05) is 23.8 Å². The highest BCUT2D eigenvalue weighted by molar-refractivity contribution is 5.87. The van der Waals surface area contributed by atoms with E-state index in [0.29, 0.717) is 12.1 Å². The summed E-state index contributed by atoms with van der Waals surface area (Å²) in [5.74, 6) is -0.870. The van der Waals surface area contributed by atoms with Crippen LogP contribution >= 0.6 is 0 Å². The summed E-state index contributed by atoms with van der Waals surface area (Å²) < 4.78 is 1.24. The van der Waals surface area contributed by atoms with Crippen LogP contribution < -0.4 is 0 Å². The van der Waals surface area contributed by atoms with E-state index in [1.54, 1.807) is 6.07 Å². The molecule has 0 spiro atoms. The molecule has 0 saturated carbocycles. The van der Waals surface area contributed by atoms with Crippen molar-refractivity contribution in [3.63, 3.8) is 0 Å². The molecule has 3 rings (SSSR count). The third-order valence-electron chi connectivity index (χ3n) is 3.82. The molecule has 1 aromatic carbocycles. The van der Waals surface area contributed by atoms with Crippen LogP contribution in [0.3, 0.4) is 0 Å². The second-order valence-corrected chi connectivity index (χ2v) is 5.72. The average Bonchev–Trinajstić information content (AvgIpc) is 2.91. The number of aromatic nitrogens is 3. The molecular weight excluding hydrogens is 306 g/mol. The minimum absolute atomic E-state index is 0.0789. The van der Waals surface area contributed by atoms with E-state index < -0.39 is 5.97 Å². The van der Waals surface area contributed by atoms with E-state index in [1.165, 1.54) is 28.6 Å². The van der Waals surface area contributed by atoms with Gasteiger partial charge in [-0.15, -0.1) is 0 Å². The molecule has 0 saturated heterocycles. The van der Waals surface area contributed by atoms with Crippen molar-refractivity contribution >= 4 is 5.97 Å². The van der Waals surface area contributed by atoms with Gasteiger partial charge in [-0.3, -0.25) is 0 Å². The highest BCUT2D eigenvalue weighted by atomic mass is 16.4. The van der Waals surface area contributed by atoms with Gasteiger partial charge in [0.25, 0.3) is 0 Å². The van der Waals surface area contributed by atoms with Crippen LogP contribution in [0.15, 0.2) is 42.6 Å². The molecular formula is C18H17N3O3. The molecule has 0 aliphatic carbocycles. The Morgan fingerprint density at radius 2 is 1.96 bits per heavy atom. The summed E-state index contributed by atoms with van der Waals surface area (Å²) in [6.07, 6.45) is 1.95. The summed E-state index contributed by atoms with van der Waals surface area (Å²) in [5.41, 5.74) is 4.25. The molecule has 0 amide bonds. The van der Waals surface area contributed by atoms with Gasteiger partial charge in [0.2, 0.25) is 5.88 Å². The molecule has 2 heterocycles. The first-order valence-corrected chi connectivity index (χ1v) is 7.48. The van der Waals surface area contributed by atoms with E-state index in [9.17, 15) is 9.90 Å². The molecule has 6 heteroatoms. The van der Waals surface area contributed by atoms with E-state index in [-0.39, 0.29) is 17.3 Å². The van der Waals surface area contributed by atoms with Crippen LogP contribution in [0.4, 0.5) is 0 Å². The van der Waals surface area contributed by atoms with E-state index in [2.05, 4.69) is 16.1 Å². The average molecular weight is 323 g/mol. The lowest BCUT2D eigenvalue weighted by molar-refractivity contribution is 0.0696. The Hall–Kier alpha value is -3.15. The fourth-order valence-electron chi connectivity index (χ4n) is 2.58. The number of benzene rings is 1. The molecule has 6 nitrogen and oxygen atoms in total. The van der Waals surface area contributed by atoms with E-state index in [1.807, 2.05) is 26.0 Å². The number of aromatic carboxylic acids is 1. The summed E-state index contributed by atoms with van der Waals surface area (Å²) in [6, 6.07) is 10.5. The van der Waals surface area contributed by atoms with Crippen LogP contribution in [0.25, 0.3) is 5.82 Å². The predicted octanol–water partition coefficient (Wildman–Crippen LogP) is 2.88. The number of aryl methyl sites for hydroxylation is 2. The Labute approximate surface area is 139 Å². The smallest absolute Gasteiger partial charge is 0.335 e. The van der Waals surface area contributed by atoms with Crippen LogP contribution in [0, 0.1) is 13.8 Å². The predicted molar refractivity (Wildman–Crippen MR) is 88.7 cm³/mol. The van der Waals surface area contributed by atoms with Gasteiger partial charge in [-0.05, 0) is 37.1 Å². The summed E-state index contributed by atoms with van der Waals surface area (Å²) in [5, 5.41) is 23.5. The van der Waals surface area contributed by atoms with Crippen LogP contribution in [0.5, 0.6) is 5.88 Å². The molecule has 2 aromatic heterocycles. The number of rotatable bonds is 4. The summed E-state index contributed by atoms with van der Waals surface area (Å²) >= 11 is 0. The Bertz CT molecular complexity index is 916. The molecule has 3 aromatic rings. The van der Waals surface area contributed by atoms with Crippen LogP contribution in [-0.2, 0) is 6.42 Å². The van der Waals surface area contributed by atoms with Crippen LogP contribution in [0.2, 0.25) is 0 Å². The number of carboxylic acids is 1. The third kappa shape index (κ3) is 3.12. The van der Waals surface area contributed by atoms with Crippen molar-refractivity contribution in [2.24, 2.45) is 0 Å². The summed E-state index contributed by atoms with van der Waals surface area (Å²) in [7, 11) is 0. The Morgan fingerprint density at radius 3 is 2.67 bits per heavy atom. The van der Waals surface area contributed by atoms with E-state index >= 15 is 0 Å². The SMILES string of the molecule is Cc1ccc(Cc2cc(O)n(-c3cc(C(=O)O)ccn3)n2)c(C)c1. The number of aromatic hydroxyl groups is 1. The number of nitrogens with zero attached hydrogens (tertiary/aromatic N) is 3. The second kappa shape index (κ2) is 6.16. The topological polar surface area (TPSA) is 88.2 Å². The minimum atomic E-state index is -1.05.